The van der Waals surface area contributed by atoms with Gasteiger partial charge in [0.25, 0.3) is 0 Å². The maximum atomic E-state index is 10.5. The molecule has 2 rings (SSSR count). The van der Waals surface area contributed by atoms with Gasteiger partial charge in [-0.3, -0.25) is 4.99 Å². The minimum absolute atomic E-state index is 0. The Balaban J connectivity index is 0.00000288. The summed E-state index contributed by atoms with van der Waals surface area (Å²) in [5, 5.41) is 13.7. The van der Waals surface area contributed by atoms with Gasteiger partial charge in [0.1, 0.15) is 11.5 Å². The third-order valence-corrected chi connectivity index (χ3v) is 3.91. The van der Waals surface area contributed by atoms with Crippen molar-refractivity contribution < 1.29 is 14.6 Å². The summed E-state index contributed by atoms with van der Waals surface area (Å²) in [7, 11) is 3.19. The Hall–Kier alpha value is -1.22. The summed E-state index contributed by atoms with van der Waals surface area (Å²) in [6, 6.07) is 5.41. The highest BCUT2D eigenvalue weighted by atomic mass is 127. The molecule has 0 aromatic heterocycles. The Kier molecular flexibility index (Phi) is 9.20. The van der Waals surface area contributed by atoms with Gasteiger partial charge in [-0.25, -0.2) is 0 Å². The van der Waals surface area contributed by atoms with E-state index in [0.29, 0.717) is 18.0 Å². The number of benzene rings is 1. The fourth-order valence-electron chi connectivity index (χ4n) is 2.65. The number of methoxy groups -OCH3 is 2. The number of hydrogen-bond acceptors (Lipinski definition) is 4. The van der Waals surface area contributed by atoms with Gasteiger partial charge in [-0.1, -0.05) is 0 Å². The minimum atomic E-state index is -0.699. The Morgan fingerprint density at radius 3 is 2.29 bits per heavy atom. The fourth-order valence-corrected chi connectivity index (χ4v) is 2.65. The van der Waals surface area contributed by atoms with Gasteiger partial charge in [0.15, 0.2) is 5.96 Å². The van der Waals surface area contributed by atoms with Crippen molar-refractivity contribution in [3.8, 4) is 11.5 Å². The standard InChI is InChI=1S/C17H27N3O3.HI/c1-4-18-17(20-7-5-6-8-20)19-12-16(21)13-9-14(22-2)11-15(10-13)23-3;/h9-11,16,21H,4-8,12H2,1-3H3,(H,18,19);1H. The molecule has 0 spiro atoms. The number of ether oxygens (including phenoxy) is 2. The van der Waals surface area contributed by atoms with Crippen LogP contribution in [-0.2, 0) is 0 Å². The van der Waals surface area contributed by atoms with Crippen molar-refractivity contribution in [2.75, 3.05) is 40.4 Å². The summed E-state index contributed by atoms with van der Waals surface area (Å²) in [6.45, 7) is 5.21. The number of aliphatic hydroxyl groups is 1. The molecule has 1 aliphatic rings. The molecule has 1 atom stereocenters. The van der Waals surface area contributed by atoms with E-state index < -0.39 is 6.10 Å². The van der Waals surface area contributed by atoms with Crippen molar-refractivity contribution in [2.24, 2.45) is 4.99 Å². The zero-order valence-corrected chi connectivity index (χ0v) is 16.9. The van der Waals surface area contributed by atoms with Crippen LogP contribution in [0.1, 0.15) is 31.4 Å². The average molecular weight is 449 g/mol. The molecule has 1 heterocycles. The molecule has 0 aliphatic carbocycles. The Morgan fingerprint density at radius 1 is 1.21 bits per heavy atom. The van der Waals surface area contributed by atoms with Crippen LogP contribution in [-0.4, -0.2) is 56.4 Å². The lowest BCUT2D eigenvalue weighted by Gasteiger charge is -2.21. The van der Waals surface area contributed by atoms with Crippen LogP contribution in [0, 0.1) is 0 Å². The molecule has 1 fully saturated rings. The van der Waals surface area contributed by atoms with Gasteiger partial charge in [0, 0.05) is 25.7 Å². The molecule has 0 radical (unpaired) electrons. The normalized spacial score (nSPS) is 15.7. The first-order valence-corrected chi connectivity index (χ1v) is 8.12. The van der Waals surface area contributed by atoms with Crippen molar-refractivity contribution >= 4 is 29.9 Å². The highest BCUT2D eigenvalue weighted by Crippen LogP contribution is 2.26. The van der Waals surface area contributed by atoms with E-state index in [0.717, 1.165) is 31.2 Å². The predicted molar refractivity (Wildman–Crippen MR) is 107 cm³/mol. The average Bonchev–Trinajstić information content (AvgIpc) is 3.12. The molecule has 0 bridgehead atoms. The molecule has 24 heavy (non-hydrogen) atoms. The first-order valence-electron chi connectivity index (χ1n) is 8.12. The highest BCUT2D eigenvalue weighted by molar-refractivity contribution is 14.0. The fraction of sp³-hybridized carbons (Fsp3) is 0.588. The van der Waals surface area contributed by atoms with Crippen LogP contribution in [0.5, 0.6) is 11.5 Å². The molecule has 136 valence electrons. The summed E-state index contributed by atoms with van der Waals surface area (Å²) in [4.78, 5) is 6.82. The summed E-state index contributed by atoms with van der Waals surface area (Å²) >= 11 is 0. The van der Waals surface area contributed by atoms with E-state index >= 15 is 0 Å². The second-order valence-electron chi connectivity index (χ2n) is 5.55. The first kappa shape index (κ1) is 20.8. The Labute approximate surface area is 161 Å². The zero-order chi connectivity index (χ0) is 16.7. The zero-order valence-electron chi connectivity index (χ0n) is 14.6. The minimum Gasteiger partial charge on any atom is -0.497 e. The number of nitrogens with one attached hydrogen (secondary N) is 1. The lowest BCUT2D eigenvalue weighted by molar-refractivity contribution is 0.185. The number of guanidine groups is 1. The molecular weight excluding hydrogens is 421 g/mol. The lowest BCUT2D eigenvalue weighted by Crippen LogP contribution is -2.39. The van der Waals surface area contributed by atoms with Crippen LogP contribution in [0.3, 0.4) is 0 Å². The van der Waals surface area contributed by atoms with Crippen LogP contribution in [0.15, 0.2) is 23.2 Å². The molecule has 1 saturated heterocycles. The quantitative estimate of drug-likeness (QED) is 0.397. The molecule has 1 unspecified atom stereocenters. The van der Waals surface area contributed by atoms with Gasteiger partial charge in [-0.2, -0.15) is 0 Å². The molecular formula is C17H28IN3O3. The maximum Gasteiger partial charge on any atom is 0.194 e. The summed E-state index contributed by atoms with van der Waals surface area (Å²) in [5.41, 5.74) is 0.738. The topological polar surface area (TPSA) is 66.3 Å². The summed E-state index contributed by atoms with van der Waals surface area (Å²) in [6.07, 6.45) is 1.69. The molecule has 6 nitrogen and oxygen atoms in total. The number of aliphatic hydroxyl groups excluding tert-OH is 1. The van der Waals surface area contributed by atoms with Crippen molar-refractivity contribution in [1.29, 1.82) is 0 Å². The van der Waals surface area contributed by atoms with Crippen LogP contribution in [0.2, 0.25) is 0 Å². The third kappa shape index (κ3) is 5.70. The molecule has 2 N–H and O–H groups in total. The molecule has 1 aromatic carbocycles. The molecule has 0 amide bonds. The second-order valence-corrected chi connectivity index (χ2v) is 5.55. The smallest absolute Gasteiger partial charge is 0.194 e. The van der Waals surface area contributed by atoms with Crippen LogP contribution in [0.4, 0.5) is 0 Å². The summed E-state index contributed by atoms with van der Waals surface area (Å²) < 4.78 is 10.5. The largest absolute Gasteiger partial charge is 0.497 e. The highest BCUT2D eigenvalue weighted by Gasteiger charge is 2.17. The summed E-state index contributed by atoms with van der Waals surface area (Å²) in [5.74, 6) is 2.20. The van der Waals surface area contributed by atoms with Gasteiger partial charge in [-0.05, 0) is 37.5 Å². The van der Waals surface area contributed by atoms with E-state index in [-0.39, 0.29) is 24.0 Å². The number of halogens is 1. The number of hydrogen-bond donors (Lipinski definition) is 2. The molecule has 0 saturated carbocycles. The van der Waals surface area contributed by atoms with Crippen molar-refractivity contribution in [1.82, 2.24) is 10.2 Å². The van der Waals surface area contributed by atoms with E-state index in [4.69, 9.17) is 9.47 Å². The van der Waals surface area contributed by atoms with Crippen LogP contribution >= 0.6 is 24.0 Å². The van der Waals surface area contributed by atoms with Gasteiger partial charge in [0.05, 0.1) is 26.9 Å². The van der Waals surface area contributed by atoms with Crippen LogP contribution < -0.4 is 14.8 Å². The number of rotatable bonds is 6. The van der Waals surface area contributed by atoms with E-state index in [1.165, 1.54) is 12.8 Å². The predicted octanol–water partition coefficient (Wildman–Crippen LogP) is 2.42. The van der Waals surface area contributed by atoms with E-state index in [1.807, 2.05) is 12.1 Å². The molecule has 1 aliphatic heterocycles. The number of nitrogens with zero attached hydrogens (tertiary/aromatic N) is 2. The van der Waals surface area contributed by atoms with E-state index in [9.17, 15) is 5.11 Å². The van der Waals surface area contributed by atoms with Crippen molar-refractivity contribution in [3.63, 3.8) is 0 Å². The van der Waals surface area contributed by atoms with Crippen molar-refractivity contribution in [3.05, 3.63) is 23.8 Å². The second kappa shape index (κ2) is 10.6. The maximum absolute atomic E-state index is 10.5. The Bertz CT molecular complexity index is 512. The molecule has 7 heteroatoms. The van der Waals surface area contributed by atoms with Gasteiger partial charge in [-0.15, -0.1) is 24.0 Å². The SMILES string of the molecule is CCNC(=NCC(O)c1cc(OC)cc(OC)c1)N1CCCC1.I. The monoisotopic (exact) mass is 449 g/mol. The Morgan fingerprint density at radius 2 is 1.79 bits per heavy atom. The molecule has 1 aromatic rings. The van der Waals surface area contributed by atoms with Crippen molar-refractivity contribution in [2.45, 2.75) is 25.9 Å². The van der Waals surface area contributed by atoms with Gasteiger partial charge < -0.3 is 24.8 Å². The van der Waals surface area contributed by atoms with E-state index in [2.05, 4.69) is 22.1 Å². The van der Waals surface area contributed by atoms with Gasteiger partial charge >= 0.3 is 0 Å². The third-order valence-electron chi connectivity index (χ3n) is 3.91. The van der Waals surface area contributed by atoms with E-state index in [1.54, 1.807) is 20.3 Å². The lowest BCUT2D eigenvalue weighted by atomic mass is 10.1. The number of aliphatic imine (C=N–C) groups is 1. The van der Waals surface area contributed by atoms with Gasteiger partial charge in [0.2, 0.25) is 0 Å². The first-order chi connectivity index (χ1) is 11.2. The van der Waals surface area contributed by atoms with Crippen LogP contribution in [0.25, 0.3) is 0 Å². The number of likely N-dealkylation sites (tertiary alicyclic amines) is 1.